The average Bonchev–Trinajstić information content (AvgIpc) is 2.84. The molecule has 1 amide bonds. The van der Waals surface area contributed by atoms with Crippen LogP contribution in [0.3, 0.4) is 0 Å². The second-order valence-corrected chi connectivity index (χ2v) is 7.88. The number of rotatable bonds is 11. The highest BCUT2D eigenvalue weighted by atomic mass is 16.4. The van der Waals surface area contributed by atoms with Gasteiger partial charge in [0.1, 0.15) is 18.5 Å². The first-order chi connectivity index (χ1) is 16.7. The van der Waals surface area contributed by atoms with Gasteiger partial charge in [0.2, 0.25) is 0 Å². The van der Waals surface area contributed by atoms with E-state index in [9.17, 15) is 29.4 Å². The third kappa shape index (κ3) is 6.42. The summed E-state index contributed by atoms with van der Waals surface area (Å²) in [5, 5.41) is 30.0. The number of aliphatic hydroxyl groups is 1. The van der Waals surface area contributed by atoms with Crippen LogP contribution in [0.25, 0.3) is 10.9 Å². The number of nitrogens with zero attached hydrogens (tertiary/aromatic N) is 2. The first kappa shape index (κ1) is 25.4. The first-order valence-corrected chi connectivity index (χ1v) is 10.9. The molecule has 5 N–H and O–H groups in total. The summed E-state index contributed by atoms with van der Waals surface area (Å²) in [6, 6.07) is 10.6. The Morgan fingerprint density at radius 3 is 2.43 bits per heavy atom. The van der Waals surface area contributed by atoms with Crippen molar-refractivity contribution < 1.29 is 29.7 Å². The monoisotopic (exact) mass is 482 g/mol. The lowest BCUT2D eigenvalue weighted by molar-refractivity contribution is -0.140. The quantitative estimate of drug-likeness (QED) is 0.271. The minimum Gasteiger partial charge on any atom is -0.481 e. The fourth-order valence-corrected chi connectivity index (χ4v) is 3.60. The van der Waals surface area contributed by atoms with E-state index in [2.05, 4.69) is 15.3 Å². The van der Waals surface area contributed by atoms with Gasteiger partial charge in [-0.25, -0.2) is 9.78 Å². The van der Waals surface area contributed by atoms with Crippen LogP contribution in [0.15, 0.2) is 47.3 Å². The minimum atomic E-state index is -1.30. The maximum atomic E-state index is 12.5. The molecule has 35 heavy (non-hydrogen) atoms. The highest BCUT2D eigenvalue weighted by molar-refractivity contribution is 5.97. The lowest BCUT2D eigenvalue weighted by Crippen LogP contribution is -2.41. The van der Waals surface area contributed by atoms with Gasteiger partial charge in [-0.3, -0.25) is 14.4 Å². The lowest BCUT2D eigenvalue weighted by Gasteiger charge is -2.23. The molecule has 1 heterocycles. The van der Waals surface area contributed by atoms with E-state index in [0.717, 1.165) is 11.3 Å². The minimum absolute atomic E-state index is 0.200. The molecule has 0 aliphatic heterocycles. The van der Waals surface area contributed by atoms with Crippen molar-refractivity contribution in [2.45, 2.75) is 39.0 Å². The van der Waals surface area contributed by atoms with Crippen LogP contribution < -0.4 is 15.8 Å². The molecule has 0 fully saturated rings. The zero-order valence-electron chi connectivity index (χ0n) is 19.0. The van der Waals surface area contributed by atoms with Crippen LogP contribution in [0.5, 0.6) is 0 Å². The van der Waals surface area contributed by atoms with Crippen LogP contribution in [0.1, 0.15) is 41.5 Å². The number of carbonyl (C=O) groups is 3. The summed E-state index contributed by atoms with van der Waals surface area (Å²) in [7, 11) is 0. The molecule has 3 aromatic rings. The number of amides is 1. The number of aromatic nitrogens is 2. The van der Waals surface area contributed by atoms with Gasteiger partial charge in [0.25, 0.3) is 11.5 Å². The Hall–Kier alpha value is -4.25. The van der Waals surface area contributed by atoms with Gasteiger partial charge in [0.15, 0.2) is 0 Å². The molecule has 1 aromatic heterocycles. The third-order valence-corrected chi connectivity index (χ3v) is 5.47. The average molecular weight is 482 g/mol. The second kappa shape index (κ2) is 11.3. The number of fused-ring (bicyclic) bond motifs is 1. The predicted octanol–water partition coefficient (Wildman–Crippen LogP) is 1.49. The van der Waals surface area contributed by atoms with E-state index in [1.54, 1.807) is 36.4 Å². The fourth-order valence-electron chi connectivity index (χ4n) is 3.60. The second-order valence-electron chi connectivity index (χ2n) is 7.88. The number of hydrogen-bond donors (Lipinski definition) is 5. The van der Waals surface area contributed by atoms with Gasteiger partial charge >= 0.3 is 11.9 Å². The molecule has 0 spiro atoms. The Kier molecular flexibility index (Phi) is 8.16. The van der Waals surface area contributed by atoms with Crippen molar-refractivity contribution >= 4 is 34.4 Å². The topological polar surface area (TPSA) is 173 Å². The maximum Gasteiger partial charge on any atom is 0.326 e. The zero-order valence-corrected chi connectivity index (χ0v) is 19.0. The summed E-state index contributed by atoms with van der Waals surface area (Å²) in [6.07, 6.45) is -0.593. The lowest BCUT2D eigenvalue weighted by atomic mass is 10.1. The van der Waals surface area contributed by atoms with Crippen LogP contribution >= 0.6 is 0 Å². The Balaban J connectivity index is 1.73. The summed E-state index contributed by atoms with van der Waals surface area (Å²) in [4.78, 5) is 55.6. The van der Waals surface area contributed by atoms with Crippen LogP contribution in [-0.4, -0.2) is 55.7 Å². The van der Waals surface area contributed by atoms with Gasteiger partial charge < -0.3 is 30.5 Å². The largest absolute Gasteiger partial charge is 0.481 e. The molecular weight excluding hydrogens is 456 g/mol. The van der Waals surface area contributed by atoms with Gasteiger partial charge in [0, 0.05) is 30.8 Å². The molecule has 0 aliphatic rings. The number of anilines is 1. The number of aliphatic hydroxyl groups excluding tert-OH is 1. The van der Waals surface area contributed by atoms with E-state index < -0.39 is 23.9 Å². The summed E-state index contributed by atoms with van der Waals surface area (Å²) in [6.45, 7) is 2.72. The predicted molar refractivity (Wildman–Crippen MR) is 127 cm³/mol. The van der Waals surface area contributed by atoms with E-state index >= 15 is 0 Å². The number of carboxylic acids is 2. The first-order valence-electron chi connectivity index (χ1n) is 10.9. The normalized spacial score (nSPS) is 11.7. The zero-order chi connectivity index (χ0) is 25.5. The van der Waals surface area contributed by atoms with E-state index in [1.165, 1.54) is 0 Å². The molecule has 0 unspecified atom stereocenters. The highest BCUT2D eigenvalue weighted by Crippen LogP contribution is 2.20. The van der Waals surface area contributed by atoms with Crippen molar-refractivity contribution in [1.29, 1.82) is 0 Å². The van der Waals surface area contributed by atoms with Gasteiger partial charge in [-0.05, 0) is 55.3 Å². The van der Waals surface area contributed by atoms with Gasteiger partial charge in [-0.1, -0.05) is 6.07 Å². The maximum absolute atomic E-state index is 12.5. The van der Waals surface area contributed by atoms with Gasteiger partial charge in [-0.2, -0.15) is 0 Å². The summed E-state index contributed by atoms with van der Waals surface area (Å²) < 4.78 is 0. The number of benzene rings is 2. The van der Waals surface area contributed by atoms with Crippen LogP contribution in [0, 0.1) is 0 Å². The van der Waals surface area contributed by atoms with Gasteiger partial charge in [-0.15, -0.1) is 0 Å². The molecule has 2 aromatic carbocycles. The van der Waals surface area contributed by atoms with Crippen molar-refractivity contribution in [3.63, 3.8) is 0 Å². The standard InChI is InChI=1S/C24H26N4O7/c1-2-28(12-14-3-8-18-17(11-14)23(33)27-20(13-29)25-18)16-6-4-15(5-7-16)22(32)26-19(24(34)35)9-10-21(30)31/h3-8,11,19,29H,2,9-10,12-13H2,1H3,(H,26,32)(H,30,31)(H,34,35)(H,25,27,33)/t19-/m0/s1. The molecule has 0 saturated heterocycles. The molecule has 0 aliphatic carbocycles. The molecule has 3 rings (SSSR count). The molecule has 11 heteroatoms. The number of hydrogen-bond acceptors (Lipinski definition) is 7. The van der Waals surface area contributed by atoms with Crippen LogP contribution in [0.4, 0.5) is 5.69 Å². The number of nitrogens with one attached hydrogen (secondary N) is 2. The molecule has 11 nitrogen and oxygen atoms in total. The highest BCUT2D eigenvalue weighted by Gasteiger charge is 2.21. The summed E-state index contributed by atoms with van der Waals surface area (Å²) >= 11 is 0. The van der Waals surface area contributed by atoms with Crippen molar-refractivity contribution in [2.75, 3.05) is 11.4 Å². The Bertz CT molecular complexity index is 1290. The molecule has 184 valence electrons. The van der Waals surface area contributed by atoms with Crippen molar-refractivity contribution in [3.05, 3.63) is 69.8 Å². The molecular formula is C24H26N4O7. The smallest absolute Gasteiger partial charge is 0.326 e. The summed E-state index contributed by atoms with van der Waals surface area (Å²) in [5.74, 6) is -2.85. The van der Waals surface area contributed by atoms with Crippen LogP contribution in [0.2, 0.25) is 0 Å². The SMILES string of the molecule is CCN(Cc1ccc2nc(CO)[nH]c(=O)c2c1)c1ccc(C(=O)N[C@@H](CCC(=O)O)C(=O)O)cc1. The molecule has 0 bridgehead atoms. The van der Waals surface area contributed by atoms with E-state index in [-0.39, 0.29) is 36.4 Å². The Labute approximate surface area is 200 Å². The van der Waals surface area contributed by atoms with E-state index in [4.69, 9.17) is 5.11 Å². The number of aromatic amines is 1. The number of carbonyl (C=O) groups excluding carboxylic acids is 1. The van der Waals surface area contributed by atoms with Crippen LogP contribution in [-0.2, 0) is 22.7 Å². The molecule has 0 saturated carbocycles. The Morgan fingerprint density at radius 1 is 1.11 bits per heavy atom. The Morgan fingerprint density at radius 2 is 1.83 bits per heavy atom. The van der Waals surface area contributed by atoms with Gasteiger partial charge in [0.05, 0.1) is 10.9 Å². The fraction of sp³-hybridized carbons (Fsp3) is 0.292. The number of aliphatic carboxylic acids is 2. The van der Waals surface area contributed by atoms with Crippen molar-refractivity contribution in [3.8, 4) is 0 Å². The van der Waals surface area contributed by atoms with E-state index in [1.807, 2.05) is 17.9 Å². The van der Waals surface area contributed by atoms with Crippen molar-refractivity contribution in [2.24, 2.45) is 0 Å². The third-order valence-electron chi connectivity index (χ3n) is 5.47. The van der Waals surface area contributed by atoms with Crippen molar-refractivity contribution in [1.82, 2.24) is 15.3 Å². The molecule has 0 radical (unpaired) electrons. The number of carboxylic acid groups (broad SMARTS) is 2. The number of H-pyrrole nitrogens is 1. The molecule has 1 atom stereocenters. The van der Waals surface area contributed by atoms with E-state index in [0.29, 0.717) is 24.0 Å². The summed E-state index contributed by atoms with van der Waals surface area (Å²) in [5.41, 5.74) is 2.08.